The molecule has 2 aromatic rings. The van der Waals surface area contributed by atoms with E-state index in [1.54, 1.807) is 10.9 Å². The number of nitro groups is 1. The predicted molar refractivity (Wildman–Crippen MR) is 89.4 cm³/mol. The Morgan fingerprint density at radius 1 is 1.50 bits per heavy atom. The van der Waals surface area contributed by atoms with Crippen LogP contribution in [0.4, 0.5) is 11.4 Å². The Hall–Kier alpha value is -2.61. The van der Waals surface area contributed by atoms with Crippen molar-refractivity contribution in [2.75, 3.05) is 18.0 Å². The van der Waals surface area contributed by atoms with E-state index in [9.17, 15) is 14.9 Å². The summed E-state index contributed by atoms with van der Waals surface area (Å²) >= 11 is 6.00. The number of halogens is 1. The predicted octanol–water partition coefficient (Wildman–Crippen LogP) is 1.99. The standard InChI is InChI=1S/C15H16ClN5O3/c1-19-9-12(7-17-19)20-5-4-10(8-20)18-15(22)13-6-11(21(23)24)2-3-14(13)16/h2-3,6-7,9-10H,4-5,8H2,1H3,(H,18,22). The van der Waals surface area contributed by atoms with Gasteiger partial charge in [-0.3, -0.25) is 19.6 Å². The van der Waals surface area contributed by atoms with Crippen LogP contribution in [-0.2, 0) is 7.05 Å². The van der Waals surface area contributed by atoms with Crippen molar-refractivity contribution in [2.45, 2.75) is 12.5 Å². The summed E-state index contributed by atoms with van der Waals surface area (Å²) in [5.41, 5.74) is 0.960. The lowest BCUT2D eigenvalue weighted by molar-refractivity contribution is -0.384. The van der Waals surface area contributed by atoms with Crippen molar-refractivity contribution in [1.29, 1.82) is 0 Å². The van der Waals surface area contributed by atoms with Crippen LogP contribution in [0, 0.1) is 10.1 Å². The van der Waals surface area contributed by atoms with Crippen LogP contribution in [0.5, 0.6) is 0 Å². The molecule has 3 rings (SSSR count). The molecule has 1 aliphatic heterocycles. The SMILES string of the molecule is Cn1cc(N2CCC(NC(=O)c3cc([N+](=O)[O-])ccc3Cl)C2)cn1. The Morgan fingerprint density at radius 2 is 2.29 bits per heavy atom. The Kier molecular flexibility index (Phi) is 4.39. The largest absolute Gasteiger partial charge is 0.367 e. The van der Waals surface area contributed by atoms with Crippen LogP contribution < -0.4 is 10.2 Å². The molecule has 126 valence electrons. The number of rotatable bonds is 4. The molecule has 1 aromatic carbocycles. The molecule has 1 saturated heterocycles. The molecule has 1 fully saturated rings. The number of anilines is 1. The van der Waals surface area contributed by atoms with Crippen molar-refractivity contribution in [1.82, 2.24) is 15.1 Å². The molecule has 1 atom stereocenters. The van der Waals surface area contributed by atoms with Gasteiger partial charge in [0.2, 0.25) is 0 Å². The Labute approximate surface area is 143 Å². The van der Waals surface area contributed by atoms with E-state index < -0.39 is 10.8 Å². The Morgan fingerprint density at radius 3 is 2.96 bits per heavy atom. The molecule has 9 heteroatoms. The number of nitrogens with zero attached hydrogens (tertiary/aromatic N) is 4. The normalized spacial score (nSPS) is 17.1. The lowest BCUT2D eigenvalue weighted by Crippen LogP contribution is -2.37. The minimum atomic E-state index is -0.549. The van der Waals surface area contributed by atoms with Gasteiger partial charge < -0.3 is 10.2 Å². The first-order valence-corrected chi connectivity index (χ1v) is 7.80. The molecule has 1 amide bonds. The fraction of sp³-hybridized carbons (Fsp3) is 0.333. The second-order valence-corrected chi connectivity index (χ2v) is 6.11. The van der Waals surface area contributed by atoms with E-state index in [1.807, 2.05) is 13.2 Å². The highest BCUT2D eigenvalue weighted by Crippen LogP contribution is 2.23. The van der Waals surface area contributed by atoms with Crippen LogP contribution in [0.15, 0.2) is 30.6 Å². The topological polar surface area (TPSA) is 93.3 Å². The van der Waals surface area contributed by atoms with Crippen LogP contribution in [0.3, 0.4) is 0 Å². The summed E-state index contributed by atoms with van der Waals surface area (Å²) in [6.45, 7) is 1.46. The van der Waals surface area contributed by atoms with E-state index in [0.29, 0.717) is 6.54 Å². The molecule has 2 heterocycles. The summed E-state index contributed by atoms with van der Waals surface area (Å²) in [6.07, 6.45) is 4.48. The minimum Gasteiger partial charge on any atom is -0.367 e. The van der Waals surface area contributed by atoms with E-state index >= 15 is 0 Å². The van der Waals surface area contributed by atoms with Crippen molar-refractivity contribution < 1.29 is 9.72 Å². The highest BCUT2D eigenvalue weighted by atomic mass is 35.5. The Balaban J connectivity index is 1.67. The number of hydrogen-bond donors (Lipinski definition) is 1. The number of carbonyl (C=O) groups is 1. The lowest BCUT2D eigenvalue weighted by Gasteiger charge is -2.17. The molecule has 0 aliphatic carbocycles. The molecule has 1 N–H and O–H groups in total. The number of aryl methyl sites for hydroxylation is 1. The maximum atomic E-state index is 12.4. The van der Waals surface area contributed by atoms with Crippen molar-refractivity contribution in [3.05, 3.63) is 51.3 Å². The van der Waals surface area contributed by atoms with Crippen molar-refractivity contribution in [3.8, 4) is 0 Å². The van der Waals surface area contributed by atoms with E-state index in [1.165, 1.54) is 18.2 Å². The second kappa shape index (κ2) is 6.48. The zero-order valence-corrected chi connectivity index (χ0v) is 13.7. The number of nitro benzene ring substituents is 1. The lowest BCUT2D eigenvalue weighted by atomic mass is 10.1. The van der Waals surface area contributed by atoms with Gasteiger partial charge in [0.05, 0.1) is 27.4 Å². The van der Waals surface area contributed by atoms with Gasteiger partial charge in [0.1, 0.15) is 0 Å². The molecule has 8 nitrogen and oxygen atoms in total. The molecular weight excluding hydrogens is 334 g/mol. The number of nitrogens with one attached hydrogen (secondary N) is 1. The maximum absolute atomic E-state index is 12.4. The van der Waals surface area contributed by atoms with E-state index in [4.69, 9.17) is 11.6 Å². The fourth-order valence-electron chi connectivity index (χ4n) is 2.75. The van der Waals surface area contributed by atoms with Gasteiger partial charge in [0, 0.05) is 44.5 Å². The molecule has 0 spiro atoms. The summed E-state index contributed by atoms with van der Waals surface area (Å²) in [5, 5.41) is 18.1. The highest BCUT2D eigenvalue weighted by Gasteiger charge is 2.26. The number of amides is 1. The summed E-state index contributed by atoms with van der Waals surface area (Å²) in [7, 11) is 1.85. The maximum Gasteiger partial charge on any atom is 0.270 e. The summed E-state index contributed by atoms with van der Waals surface area (Å²) in [6, 6.07) is 3.79. The number of carbonyl (C=O) groups excluding carboxylic acids is 1. The van der Waals surface area contributed by atoms with Gasteiger partial charge in [-0.1, -0.05) is 11.6 Å². The first kappa shape index (κ1) is 16.3. The van der Waals surface area contributed by atoms with Gasteiger partial charge in [-0.15, -0.1) is 0 Å². The smallest absolute Gasteiger partial charge is 0.270 e. The van der Waals surface area contributed by atoms with E-state index in [-0.39, 0.29) is 22.3 Å². The number of aromatic nitrogens is 2. The number of hydrogen-bond acceptors (Lipinski definition) is 5. The average molecular weight is 350 g/mol. The monoisotopic (exact) mass is 349 g/mol. The van der Waals surface area contributed by atoms with Crippen LogP contribution in [0.25, 0.3) is 0 Å². The number of benzene rings is 1. The van der Waals surface area contributed by atoms with Crippen molar-refractivity contribution in [3.63, 3.8) is 0 Å². The third-order valence-electron chi connectivity index (χ3n) is 3.99. The van der Waals surface area contributed by atoms with Crippen molar-refractivity contribution >= 4 is 28.9 Å². The molecule has 0 saturated carbocycles. The summed E-state index contributed by atoms with van der Waals surface area (Å²) in [4.78, 5) is 24.8. The van der Waals surface area contributed by atoms with Crippen LogP contribution in [-0.4, -0.2) is 39.7 Å². The van der Waals surface area contributed by atoms with E-state index in [2.05, 4.69) is 15.3 Å². The zero-order valence-electron chi connectivity index (χ0n) is 13.0. The average Bonchev–Trinajstić information content (AvgIpc) is 3.16. The minimum absolute atomic E-state index is 0.0481. The van der Waals surface area contributed by atoms with Crippen molar-refractivity contribution in [2.24, 2.45) is 7.05 Å². The van der Waals surface area contributed by atoms with Gasteiger partial charge in [0.25, 0.3) is 11.6 Å². The molecule has 24 heavy (non-hydrogen) atoms. The van der Waals surface area contributed by atoms with Gasteiger partial charge >= 0.3 is 0 Å². The summed E-state index contributed by atoms with van der Waals surface area (Å²) in [5.74, 6) is -0.401. The molecule has 1 aromatic heterocycles. The molecule has 0 bridgehead atoms. The second-order valence-electron chi connectivity index (χ2n) is 5.70. The highest BCUT2D eigenvalue weighted by molar-refractivity contribution is 6.34. The zero-order chi connectivity index (χ0) is 17.3. The quantitative estimate of drug-likeness (QED) is 0.673. The van der Waals surface area contributed by atoms with Gasteiger partial charge in [0.15, 0.2) is 0 Å². The van der Waals surface area contributed by atoms with Gasteiger partial charge in [-0.05, 0) is 12.5 Å². The van der Waals surface area contributed by atoms with Crippen LogP contribution in [0.2, 0.25) is 5.02 Å². The molecule has 1 unspecified atom stereocenters. The number of non-ortho nitro benzene ring substituents is 1. The molecular formula is C15H16ClN5O3. The Bertz CT molecular complexity index is 791. The molecule has 1 aliphatic rings. The first-order chi connectivity index (χ1) is 11.4. The first-order valence-electron chi connectivity index (χ1n) is 7.42. The molecule has 0 radical (unpaired) electrons. The third kappa shape index (κ3) is 3.33. The van der Waals surface area contributed by atoms with Gasteiger partial charge in [-0.25, -0.2) is 0 Å². The summed E-state index contributed by atoms with van der Waals surface area (Å²) < 4.78 is 1.73. The fourth-order valence-corrected chi connectivity index (χ4v) is 2.95. The third-order valence-corrected chi connectivity index (χ3v) is 4.31. The van der Waals surface area contributed by atoms with Crippen LogP contribution in [0.1, 0.15) is 16.8 Å². The van der Waals surface area contributed by atoms with Crippen LogP contribution >= 0.6 is 11.6 Å². The van der Waals surface area contributed by atoms with Gasteiger partial charge in [-0.2, -0.15) is 5.10 Å². The van der Waals surface area contributed by atoms with E-state index in [0.717, 1.165) is 18.7 Å².